The number of aromatic nitrogens is 1. The number of carboxylic acids is 1. The molecular formula is C17H20N2O3S. The van der Waals surface area contributed by atoms with Crippen molar-refractivity contribution in [2.24, 2.45) is 0 Å². The van der Waals surface area contributed by atoms with E-state index in [4.69, 9.17) is 0 Å². The summed E-state index contributed by atoms with van der Waals surface area (Å²) in [7, 11) is 0. The second-order valence-corrected chi connectivity index (χ2v) is 6.38. The fourth-order valence-electron chi connectivity index (χ4n) is 2.29. The SMILES string of the molecule is Cc1nc(CCCC(=O)NCC(C(=O)O)c2ccccc2)cs1. The van der Waals surface area contributed by atoms with Gasteiger partial charge in [-0.25, -0.2) is 4.98 Å². The normalized spacial score (nSPS) is 11.9. The zero-order chi connectivity index (χ0) is 16.7. The van der Waals surface area contributed by atoms with Gasteiger partial charge in [0.25, 0.3) is 0 Å². The van der Waals surface area contributed by atoms with Crippen LogP contribution < -0.4 is 5.32 Å². The van der Waals surface area contributed by atoms with Crippen molar-refractivity contribution in [2.75, 3.05) is 6.54 Å². The molecular weight excluding hydrogens is 312 g/mol. The van der Waals surface area contributed by atoms with E-state index in [1.54, 1.807) is 35.6 Å². The number of nitrogens with zero attached hydrogens (tertiary/aromatic N) is 1. The van der Waals surface area contributed by atoms with Gasteiger partial charge in [-0.05, 0) is 25.3 Å². The maximum absolute atomic E-state index is 11.9. The van der Waals surface area contributed by atoms with Gasteiger partial charge in [-0.1, -0.05) is 30.3 Å². The fourth-order valence-corrected chi connectivity index (χ4v) is 2.94. The number of benzene rings is 1. The van der Waals surface area contributed by atoms with E-state index >= 15 is 0 Å². The Bertz CT molecular complexity index is 655. The fraction of sp³-hybridized carbons (Fsp3) is 0.353. The van der Waals surface area contributed by atoms with Gasteiger partial charge in [-0.3, -0.25) is 9.59 Å². The first-order valence-electron chi connectivity index (χ1n) is 7.51. The Morgan fingerprint density at radius 1 is 1.30 bits per heavy atom. The van der Waals surface area contributed by atoms with Crippen molar-refractivity contribution < 1.29 is 14.7 Å². The van der Waals surface area contributed by atoms with Crippen molar-refractivity contribution in [3.63, 3.8) is 0 Å². The molecule has 1 amide bonds. The van der Waals surface area contributed by atoms with Crippen LogP contribution in [0.5, 0.6) is 0 Å². The van der Waals surface area contributed by atoms with Crippen molar-refractivity contribution in [3.8, 4) is 0 Å². The molecule has 1 aromatic carbocycles. The summed E-state index contributed by atoms with van der Waals surface area (Å²) in [6.45, 7) is 2.06. The first-order chi connectivity index (χ1) is 11.1. The lowest BCUT2D eigenvalue weighted by atomic mass is 9.99. The molecule has 0 spiro atoms. The number of carbonyl (C=O) groups is 2. The maximum atomic E-state index is 11.9. The average Bonchev–Trinajstić information content (AvgIpc) is 2.94. The number of hydrogen-bond acceptors (Lipinski definition) is 4. The van der Waals surface area contributed by atoms with Gasteiger partial charge >= 0.3 is 5.97 Å². The van der Waals surface area contributed by atoms with Gasteiger partial charge in [-0.2, -0.15) is 0 Å². The van der Waals surface area contributed by atoms with Crippen LogP contribution in [0.15, 0.2) is 35.7 Å². The third-order valence-corrected chi connectivity index (χ3v) is 4.33. The molecule has 0 aliphatic heterocycles. The van der Waals surface area contributed by atoms with Crippen molar-refractivity contribution in [3.05, 3.63) is 52.0 Å². The van der Waals surface area contributed by atoms with E-state index < -0.39 is 11.9 Å². The molecule has 2 rings (SSSR count). The molecule has 1 unspecified atom stereocenters. The Morgan fingerprint density at radius 2 is 2.04 bits per heavy atom. The standard InChI is InChI=1S/C17H20N2O3S/c1-12-19-14(11-23-12)8-5-9-16(20)18-10-15(17(21)22)13-6-3-2-4-7-13/h2-4,6-7,11,15H,5,8-10H2,1H3,(H,18,20)(H,21,22). The van der Waals surface area contributed by atoms with E-state index in [0.717, 1.165) is 17.1 Å². The molecule has 0 saturated heterocycles. The zero-order valence-corrected chi connectivity index (χ0v) is 13.8. The second-order valence-electron chi connectivity index (χ2n) is 5.32. The van der Waals surface area contributed by atoms with E-state index in [1.807, 2.05) is 18.4 Å². The van der Waals surface area contributed by atoms with Gasteiger partial charge < -0.3 is 10.4 Å². The Labute approximate surface area is 139 Å². The number of aliphatic carboxylic acids is 1. The summed E-state index contributed by atoms with van der Waals surface area (Å²) in [6.07, 6.45) is 1.84. The quantitative estimate of drug-likeness (QED) is 0.779. The van der Waals surface area contributed by atoms with Crippen LogP contribution in [0, 0.1) is 6.92 Å². The van der Waals surface area contributed by atoms with Gasteiger partial charge in [0.15, 0.2) is 0 Å². The molecule has 23 heavy (non-hydrogen) atoms. The van der Waals surface area contributed by atoms with Crippen LogP contribution in [-0.2, 0) is 16.0 Å². The monoisotopic (exact) mass is 332 g/mol. The summed E-state index contributed by atoms with van der Waals surface area (Å²) in [5.74, 6) is -1.78. The van der Waals surface area contributed by atoms with Gasteiger partial charge in [0.05, 0.1) is 16.6 Å². The lowest BCUT2D eigenvalue weighted by Gasteiger charge is -2.13. The number of amides is 1. The van der Waals surface area contributed by atoms with Crippen LogP contribution in [0.25, 0.3) is 0 Å². The summed E-state index contributed by atoms with van der Waals surface area (Å²) in [6, 6.07) is 8.94. The number of aryl methyl sites for hydroxylation is 2. The molecule has 1 heterocycles. The van der Waals surface area contributed by atoms with Crippen LogP contribution in [-0.4, -0.2) is 28.5 Å². The van der Waals surface area contributed by atoms with E-state index in [0.29, 0.717) is 18.4 Å². The van der Waals surface area contributed by atoms with Gasteiger partial charge in [0, 0.05) is 18.3 Å². The van der Waals surface area contributed by atoms with Crippen molar-refractivity contribution in [1.82, 2.24) is 10.3 Å². The largest absolute Gasteiger partial charge is 0.481 e. The van der Waals surface area contributed by atoms with Gasteiger partial charge in [-0.15, -0.1) is 11.3 Å². The molecule has 0 aliphatic carbocycles. The van der Waals surface area contributed by atoms with Crippen molar-refractivity contribution in [2.45, 2.75) is 32.1 Å². The second kappa shape index (κ2) is 8.43. The van der Waals surface area contributed by atoms with E-state index in [9.17, 15) is 14.7 Å². The first kappa shape index (κ1) is 17.1. The molecule has 5 nitrogen and oxygen atoms in total. The van der Waals surface area contributed by atoms with E-state index in [2.05, 4.69) is 10.3 Å². The molecule has 2 aromatic rings. The van der Waals surface area contributed by atoms with Gasteiger partial charge in [0.2, 0.25) is 5.91 Å². The summed E-state index contributed by atoms with van der Waals surface area (Å²) >= 11 is 1.60. The lowest BCUT2D eigenvalue weighted by molar-refractivity contribution is -0.138. The highest BCUT2D eigenvalue weighted by molar-refractivity contribution is 7.09. The third kappa shape index (κ3) is 5.49. The minimum Gasteiger partial charge on any atom is -0.481 e. The molecule has 0 radical (unpaired) electrons. The summed E-state index contributed by atoms with van der Waals surface area (Å²) < 4.78 is 0. The number of rotatable bonds is 8. The Hall–Kier alpha value is -2.21. The number of carboxylic acid groups (broad SMARTS) is 1. The Balaban J connectivity index is 1.77. The van der Waals surface area contributed by atoms with Crippen LogP contribution in [0.3, 0.4) is 0 Å². The van der Waals surface area contributed by atoms with Crippen LogP contribution in [0.4, 0.5) is 0 Å². The summed E-state index contributed by atoms with van der Waals surface area (Å²) in [5, 5.41) is 15.1. The highest BCUT2D eigenvalue weighted by atomic mass is 32.1. The van der Waals surface area contributed by atoms with Crippen molar-refractivity contribution >= 4 is 23.2 Å². The van der Waals surface area contributed by atoms with Gasteiger partial charge in [0.1, 0.15) is 0 Å². The maximum Gasteiger partial charge on any atom is 0.312 e. The average molecular weight is 332 g/mol. The van der Waals surface area contributed by atoms with Crippen molar-refractivity contribution in [1.29, 1.82) is 0 Å². The highest BCUT2D eigenvalue weighted by Gasteiger charge is 2.20. The lowest BCUT2D eigenvalue weighted by Crippen LogP contribution is -2.31. The molecule has 0 saturated carbocycles. The predicted octanol–water partition coefficient (Wildman–Crippen LogP) is 2.76. The summed E-state index contributed by atoms with van der Waals surface area (Å²) in [4.78, 5) is 27.6. The molecule has 1 aromatic heterocycles. The molecule has 6 heteroatoms. The molecule has 122 valence electrons. The van der Waals surface area contributed by atoms with Crippen LogP contribution >= 0.6 is 11.3 Å². The number of carbonyl (C=O) groups excluding carboxylic acids is 1. The topological polar surface area (TPSA) is 79.3 Å². The molecule has 1 atom stereocenters. The number of hydrogen-bond donors (Lipinski definition) is 2. The zero-order valence-electron chi connectivity index (χ0n) is 13.0. The first-order valence-corrected chi connectivity index (χ1v) is 8.39. The molecule has 0 aliphatic rings. The minimum atomic E-state index is -0.936. The highest BCUT2D eigenvalue weighted by Crippen LogP contribution is 2.15. The molecule has 0 fully saturated rings. The van der Waals surface area contributed by atoms with Crippen LogP contribution in [0.1, 0.15) is 35.0 Å². The Morgan fingerprint density at radius 3 is 2.65 bits per heavy atom. The smallest absolute Gasteiger partial charge is 0.312 e. The minimum absolute atomic E-state index is 0.105. The third-order valence-electron chi connectivity index (χ3n) is 3.51. The van der Waals surface area contributed by atoms with Crippen LogP contribution in [0.2, 0.25) is 0 Å². The molecule has 0 bridgehead atoms. The van der Waals surface area contributed by atoms with E-state index in [-0.39, 0.29) is 12.5 Å². The molecule has 2 N–H and O–H groups in total. The summed E-state index contributed by atoms with van der Waals surface area (Å²) in [5.41, 5.74) is 1.70. The number of thiazole rings is 1. The van der Waals surface area contributed by atoms with E-state index in [1.165, 1.54) is 0 Å². The number of nitrogens with one attached hydrogen (secondary N) is 1. The Kier molecular flexibility index (Phi) is 6.29. The predicted molar refractivity (Wildman–Crippen MR) is 89.6 cm³/mol.